The van der Waals surface area contributed by atoms with Crippen molar-refractivity contribution in [2.24, 2.45) is 0 Å². The predicted molar refractivity (Wildman–Crippen MR) is 101 cm³/mol. The van der Waals surface area contributed by atoms with Crippen LogP contribution in [0, 0.1) is 0 Å². The molecule has 2 atom stereocenters. The minimum Gasteiger partial charge on any atom is -0.590 e. The molecule has 1 aromatic rings. The van der Waals surface area contributed by atoms with E-state index in [1.165, 1.54) is 11.4 Å². The van der Waals surface area contributed by atoms with Crippen molar-refractivity contribution < 1.29 is 13.0 Å². The Bertz CT molecular complexity index is 709. The maximum atomic E-state index is 13.5. The summed E-state index contributed by atoms with van der Waals surface area (Å²) in [5.41, 5.74) is -0.0860. The molecule has 1 fully saturated rings. The highest BCUT2D eigenvalue weighted by atomic mass is 32.3. The Kier molecular flexibility index (Phi) is 5.63. The lowest BCUT2D eigenvalue weighted by Gasteiger charge is -2.37. The summed E-state index contributed by atoms with van der Waals surface area (Å²) in [4.78, 5) is 0.433. The predicted octanol–water partition coefficient (Wildman–Crippen LogP) is 1.08. The average Bonchev–Trinajstić information content (AvgIpc) is 2.83. The quantitative estimate of drug-likeness (QED) is 0.556. The highest BCUT2D eigenvalue weighted by molar-refractivity contribution is 8.09. The summed E-state index contributed by atoms with van der Waals surface area (Å²) < 4.78 is 39.1. The van der Waals surface area contributed by atoms with Gasteiger partial charge in [0.15, 0.2) is 0 Å². The molecule has 1 aliphatic heterocycles. The third kappa shape index (κ3) is 2.97. The molecular formula is C15H23N3O3S3. The van der Waals surface area contributed by atoms with Crippen LogP contribution in [0.1, 0.15) is 26.3 Å². The van der Waals surface area contributed by atoms with E-state index in [4.69, 9.17) is 12.2 Å². The van der Waals surface area contributed by atoms with Gasteiger partial charge in [-0.05, 0) is 20.9 Å². The molecule has 2 unspecified atom stereocenters. The first-order chi connectivity index (χ1) is 11.1. The molecule has 0 aromatic heterocycles. The molecule has 1 aromatic carbocycles. The highest BCUT2D eigenvalue weighted by Gasteiger charge is 2.59. The minimum absolute atomic E-state index is 0.147. The fourth-order valence-corrected chi connectivity index (χ4v) is 7.08. The summed E-state index contributed by atoms with van der Waals surface area (Å²) in [5, 5.41) is 5.99. The van der Waals surface area contributed by atoms with E-state index in [9.17, 15) is 13.0 Å². The van der Waals surface area contributed by atoms with Gasteiger partial charge in [-0.3, -0.25) is 10.6 Å². The van der Waals surface area contributed by atoms with E-state index in [2.05, 4.69) is 10.6 Å². The molecule has 0 saturated carbocycles. The molecule has 9 heteroatoms. The number of thiocarbonyl (C=S) groups is 1. The van der Waals surface area contributed by atoms with E-state index in [1.54, 1.807) is 37.3 Å². The Labute approximate surface area is 152 Å². The zero-order valence-corrected chi connectivity index (χ0v) is 16.6. The van der Waals surface area contributed by atoms with Gasteiger partial charge in [0.05, 0.1) is 11.3 Å². The fourth-order valence-electron chi connectivity index (χ4n) is 2.65. The number of rotatable bonds is 6. The standard InChI is InChI=1S/C15H23N3O3S3/c1-5-24(20,21)15(16-4,12-9-7-6-8-10-12)23(19)18-11-17-14(2,3)13(18)22/h6-10,16-17H,5,11H2,1-4H3. The fraction of sp³-hybridized carbons (Fsp3) is 0.533. The van der Waals surface area contributed by atoms with Crippen LogP contribution in [0.15, 0.2) is 30.3 Å². The third-order valence-corrected chi connectivity index (χ3v) is 9.93. The largest absolute Gasteiger partial charge is 0.590 e. The normalized spacial score (nSPS) is 21.5. The average molecular weight is 390 g/mol. The van der Waals surface area contributed by atoms with E-state index in [0.29, 0.717) is 10.6 Å². The van der Waals surface area contributed by atoms with Crippen LogP contribution in [-0.2, 0) is 25.4 Å². The van der Waals surface area contributed by atoms with Gasteiger partial charge in [-0.15, -0.1) is 0 Å². The second kappa shape index (κ2) is 6.89. The maximum Gasteiger partial charge on any atom is 0.327 e. The number of benzene rings is 1. The summed E-state index contributed by atoms with van der Waals surface area (Å²) >= 11 is 3.47. The van der Waals surface area contributed by atoms with Crippen molar-refractivity contribution in [1.29, 1.82) is 0 Å². The van der Waals surface area contributed by atoms with Crippen molar-refractivity contribution in [3.05, 3.63) is 35.9 Å². The van der Waals surface area contributed by atoms with Gasteiger partial charge in [0.1, 0.15) is 23.0 Å². The van der Waals surface area contributed by atoms with Crippen molar-refractivity contribution in [3.63, 3.8) is 0 Å². The molecule has 6 nitrogen and oxygen atoms in total. The molecule has 0 radical (unpaired) electrons. The van der Waals surface area contributed by atoms with E-state index in [0.717, 1.165) is 0 Å². The monoisotopic (exact) mass is 389 g/mol. The summed E-state index contributed by atoms with van der Waals surface area (Å²) in [6, 6.07) is 8.58. The van der Waals surface area contributed by atoms with Gasteiger partial charge < -0.3 is 4.55 Å². The first-order valence-corrected chi connectivity index (χ1v) is 10.8. The maximum absolute atomic E-state index is 13.5. The van der Waals surface area contributed by atoms with Crippen molar-refractivity contribution in [1.82, 2.24) is 14.9 Å². The number of nitrogens with one attached hydrogen (secondary N) is 2. The molecule has 2 rings (SSSR count). The molecule has 0 aliphatic carbocycles. The smallest absolute Gasteiger partial charge is 0.327 e. The Morgan fingerprint density at radius 3 is 2.42 bits per heavy atom. The molecule has 0 spiro atoms. The van der Waals surface area contributed by atoms with Crippen LogP contribution < -0.4 is 10.6 Å². The number of nitrogens with zero attached hydrogens (tertiary/aromatic N) is 1. The van der Waals surface area contributed by atoms with Gasteiger partial charge in [-0.2, -0.15) is 4.31 Å². The van der Waals surface area contributed by atoms with Crippen LogP contribution >= 0.6 is 12.2 Å². The first-order valence-electron chi connectivity index (χ1n) is 7.59. The van der Waals surface area contributed by atoms with Gasteiger partial charge in [0.2, 0.25) is 9.84 Å². The molecule has 24 heavy (non-hydrogen) atoms. The lowest BCUT2D eigenvalue weighted by atomic mass is 10.1. The molecule has 134 valence electrons. The zero-order valence-electron chi connectivity index (χ0n) is 14.2. The van der Waals surface area contributed by atoms with Crippen LogP contribution in [0.5, 0.6) is 0 Å². The van der Waals surface area contributed by atoms with Crippen molar-refractivity contribution in [2.75, 3.05) is 19.5 Å². The van der Waals surface area contributed by atoms with E-state index < -0.39 is 30.9 Å². The van der Waals surface area contributed by atoms with Gasteiger partial charge in [-0.25, -0.2) is 8.42 Å². The lowest BCUT2D eigenvalue weighted by Crippen LogP contribution is -2.59. The van der Waals surface area contributed by atoms with Gasteiger partial charge >= 0.3 is 4.20 Å². The molecule has 0 amide bonds. The highest BCUT2D eigenvalue weighted by Crippen LogP contribution is 2.38. The summed E-state index contributed by atoms with van der Waals surface area (Å²) in [7, 11) is -2.25. The summed E-state index contributed by atoms with van der Waals surface area (Å²) in [6.45, 7) is 5.54. The lowest BCUT2D eigenvalue weighted by molar-refractivity contribution is 0.470. The van der Waals surface area contributed by atoms with Crippen LogP contribution in [0.4, 0.5) is 0 Å². The first kappa shape index (κ1) is 19.6. The molecule has 1 aliphatic rings. The molecule has 2 N–H and O–H groups in total. The van der Waals surface area contributed by atoms with E-state index in [-0.39, 0.29) is 12.4 Å². The van der Waals surface area contributed by atoms with Crippen LogP contribution in [-0.4, -0.2) is 47.3 Å². The Morgan fingerprint density at radius 1 is 1.42 bits per heavy atom. The van der Waals surface area contributed by atoms with Crippen molar-refractivity contribution in [3.8, 4) is 0 Å². The SMILES string of the molecule is CCS(=O)(=O)C(NC)(c1ccccc1)[S+]([O-])N1CNC(C)(C)C1=S. The Hall–Kier alpha value is -0.710. The second-order valence-electron chi connectivity index (χ2n) is 6.03. The Morgan fingerprint density at radius 2 is 2.00 bits per heavy atom. The van der Waals surface area contributed by atoms with Crippen LogP contribution in [0.2, 0.25) is 0 Å². The summed E-state index contributed by atoms with van der Waals surface area (Å²) in [5.74, 6) is -0.147. The van der Waals surface area contributed by atoms with Crippen molar-refractivity contribution in [2.45, 2.75) is 30.5 Å². The molecule has 1 heterocycles. The molecule has 0 bridgehead atoms. The zero-order chi connectivity index (χ0) is 18.2. The molecular weight excluding hydrogens is 366 g/mol. The third-order valence-electron chi connectivity index (χ3n) is 4.17. The van der Waals surface area contributed by atoms with E-state index in [1.807, 2.05) is 13.8 Å². The van der Waals surface area contributed by atoms with Gasteiger partial charge in [0, 0.05) is 5.56 Å². The van der Waals surface area contributed by atoms with Crippen LogP contribution in [0.3, 0.4) is 0 Å². The second-order valence-corrected chi connectivity index (χ2v) is 10.6. The van der Waals surface area contributed by atoms with Crippen LogP contribution in [0.25, 0.3) is 0 Å². The van der Waals surface area contributed by atoms with Crippen molar-refractivity contribution >= 4 is 38.4 Å². The number of sulfone groups is 1. The molecule has 1 saturated heterocycles. The van der Waals surface area contributed by atoms with Gasteiger partial charge in [-0.1, -0.05) is 49.5 Å². The topological polar surface area (TPSA) is 84.5 Å². The Balaban J connectivity index is 2.61. The summed E-state index contributed by atoms with van der Waals surface area (Å²) in [6.07, 6.45) is 0. The van der Waals surface area contributed by atoms with E-state index >= 15 is 0 Å². The van der Waals surface area contributed by atoms with Gasteiger partial charge in [0.25, 0.3) is 0 Å². The number of hydrogen-bond acceptors (Lipinski definition) is 6. The minimum atomic E-state index is -3.76. The number of hydrogen-bond donors (Lipinski definition) is 2.